The zero-order valence-corrected chi connectivity index (χ0v) is 16.3. The number of anilines is 2. The second kappa shape index (κ2) is 6.95. The van der Waals surface area contributed by atoms with Crippen LogP contribution in [0.25, 0.3) is 0 Å². The number of halogens is 1. The van der Waals surface area contributed by atoms with Crippen molar-refractivity contribution in [2.45, 2.75) is 16.7 Å². The molecular weight excluding hydrogens is 414 g/mol. The Hall–Kier alpha value is -2.43. The second-order valence-electron chi connectivity index (χ2n) is 5.80. The number of sulfone groups is 1. The van der Waals surface area contributed by atoms with Crippen LogP contribution in [0, 0.1) is 6.92 Å². The SMILES string of the molecule is Cc1ccc(NC(=O)CS(=O)(=O)c2ccc3c(c2)S(=O)(=O)N=CN3)c(Cl)c1. The van der Waals surface area contributed by atoms with Crippen LogP contribution in [0.1, 0.15) is 5.56 Å². The van der Waals surface area contributed by atoms with Gasteiger partial charge in [-0.05, 0) is 42.8 Å². The summed E-state index contributed by atoms with van der Waals surface area (Å²) in [6, 6.07) is 8.43. The van der Waals surface area contributed by atoms with Gasteiger partial charge < -0.3 is 10.6 Å². The normalized spacial score (nSPS) is 14.9. The highest BCUT2D eigenvalue weighted by atomic mass is 35.5. The zero-order valence-electron chi connectivity index (χ0n) is 13.9. The molecule has 1 heterocycles. The van der Waals surface area contributed by atoms with Crippen molar-refractivity contribution in [1.29, 1.82) is 0 Å². The molecule has 0 aromatic heterocycles. The van der Waals surface area contributed by atoms with Crippen LogP contribution < -0.4 is 10.6 Å². The summed E-state index contributed by atoms with van der Waals surface area (Å²) in [6.45, 7) is 1.82. The van der Waals surface area contributed by atoms with Gasteiger partial charge in [0, 0.05) is 0 Å². The smallest absolute Gasteiger partial charge is 0.285 e. The maximum absolute atomic E-state index is 12.5. The molecule has 8 nitrogen and oxygen atoms in total. The summed E-state index contributed by atoms with van der Waals surface area (Å²) in [5.74, 6) is -1.66. The molecule has 0 aliphatic carbocycles. The molecule has 142 valence electrons. The van der Waals surface area contributed by atoms with E-state index in [1.165, 1.54) is 12.1 Å². The second-order valence-corrected chi connectivity index (χ2v) is 9.80. The van der Waals surface area contributed by atoms with Crippen LogP contribution in [0.4, 0.5) is 11.4 Å². The Kier molecular flexibility index (Phi) is 4.98. The summed E-state index contributed by atoms with van der Waals surface area (Å²) >= 11 is 6.02. The van der Waals surface area contributed by atoms with E-state index in [0.29, 0.717) is 0 Å². The Morgan fingerprint density at radius 3 is 2.67 bits per heavy atom. The molecule has 2 aromatic carbocycles. The lowest BCUT2D eigenvalue weighted by atomic mass is 10.2. The van der Waals surface area contributed by atoms with Crippen molar-refractivity contribution in [3.63, 3.8) is 0 Å². The first-order chi connectivity index (χ1) is 12.6. The van der Waals surface area contributed by atoms with E-state index in [0.717, 1.165) is 18.0 Å². The maximum atomic E-state index is 12.5. The largest absolute Gasteiger partial charge is 0.345 e. The summed E-state index contributed by atoms with van der Waals surface area (Å²) < 4.78 is 52.3. The van der Waals surface area contributed by atoms with Gasteiger partial charge in [0.05, 0.1) is 21.3 Å². The zero-order chi connectivity index (χ0) is 19.8. The number of hydrogen-bond acceptors (Lipinski definition) is 6. The van der Waals surface area contributed by atoms with E-state index in [1.807, 2.05) is 6.92 Å². The monoisotopic (exact) mass is 427 g/mol. The van der Waals surface area contributed by atoms with E-state index in [4.69, 9.17) is 11.6 Å². The van der Waals surface area contributed by atoms with Crippen LogP contribution in [-0.2, 0) is 24.7 Å². The first-order valence-electron chi connectivity index (χ1n) is 7.57. The molecule has 0 spiro atoms. The maximum Gasteiger partial charge on any atom is 0.285 e. The lowest BCUT2D eigenvalue weighted by Gasteiger charge is -2.14. The summed E-state index contributed by atoms with van der Waals surface area (Å²) in [4.78, 5) is 11.6. The van der Waals surface area contributed by atoms with E-state index in [1.54, 1.807) is 18.2 Å². The van der Waals surface area contributed by atoms with E-state index in [2.05, 4.69) is 15.0 Å². The van der Waals surface area contributed by atoms with Crippen molar-refractivity contribution in [3.05, 3.63) is 47.0 Å². The van der Waals surface area contributed by atoms with Crippen LogP contribution in [-0.4, -0.2) is 34.8 Å². The van der Waals surface area contributed by atoms with E-state index < -0.39 is 31.5 Å². The van der Waals surface area contributed by atoms with Crippen LogP contribution in [0.5, 0.6) is 0 Å². The fraction of sp³-hybridized carbons (Fsp3) is 0.125. The molecule has 1 aliphatic heterocycles. The molecule has 1 amide bonds. The Balaban J connectivity index is 1.84. The van der Waals surface area contributed by atoms with Crippen molar-refractivity contribution in [3.8, 4) is 0 Å². The van der Waals surface area contributed by atoms with Crippen LogP contribution in [0.3, 0.4) is 0 Å². The molecule has 11 heteroatoms. The minimum atomic E-state index is -4.08. The Morgan fingerprint density at radius 2 is 1.96 bits per heavy atom. The topological polar surface area (TPSA) is 122 Å². The highest BCUT2D eigenvalue weighted by Gasteiger charge is 2.26. The summed E-state index contributed by atoms with van der Waals surface area (Å²) in [5, 5.41) is 5.34. The first kappa shape index (κ1) is 19.3. The van der Waals surface area contributed by atoms with Crippen molar-refractivity contribution in [1.82, 2.24) is 0 Å². The molecule has 27 heavy (non-hydrogen) atoms. The number of aryl methyl sites for hydroxylation is 1. The first-order valence-corrected chi connectivity index (χ1v) is 11.0. The number of benzene rings is 2. The fourth-order valence-electron chi connectivity index (χ4n) is 2.41. The molecule has 0 atom stereocenters. The van der Waals surface area contributed by atoms with Gasteiger partial charge in [-0.2, -0.15) is 8.42 Å². The molecule has 1 aliphatic rings. The lowest BCUT2D eigenvalue weighted by molar-refractivity contribution is -0.113. The molecule has 0 unspecified atom stereocenters. The number of nitrogens with one attached hydrogen (secondary N) is 2. The van der Waals surface area contributed by atoms with Crippen molar-refractivity contribution in [2.24, 2.45) is 4.40 Å². The number of fused-ring (bicyclic) bond motifs is 1. The van der Waals surface area contributed by atoms with Gasteiger partial charge in [-0.15, -0.1) is 4.40 Å². The number of hydrogen-bond donors (Lipinski definition) is 2. The number of rotatable bonds is 4. The fourth-order valence-corrected chi connectivity index (χ4v) is 4.91. The molecule has 2 N–H and O–H groups in total. The molecular formula is C16H14ClN3O5S2. The van der Waals surface area contributed by atoms with Gasteiger partial charge in [-0.1, -0.05) is 17.7 Å². The molecule has 0 saturated heterocycles. The molecule has 0 radical (unpaired) electrons. The van der Waals surface area contributed by atoms with E-state index in [9.17, 15) is 21.6 Å². The predicted molar refractivity (Wildman–Crippen MR) is 103 cm³/mol. The van der Waals surface area contributed by atoms with Gasteiger partial charge >= 0.3 is 0 Å². The van der Waals surface area contributed by atoms with Gasteiger partial charge in [0.25, 0.3) is 10.0 Å². The summed E-state index contributed by atoms with van der Waals surface area (Å²) in [6.07, 6.45) is 1.00. The third-order valence-electron chi connectivity index (χ3n) is 3.72. The van der Waals surface area contributed by atoms with Gasteiger partial charge in [-0.3, -0.25) is 4.79 Å². The third-order valence-corrected chi connectivity index (χ3v) is 6.93. The average Bonchev–Trinajstić information content (AvgIpc) is 2.56. The molecule has 0 bridgehead atoms. The molecule has 2 aromatic rings. The van der Waals surface area contributed by atoms with Crippen LogP contribution in [0.2, 0.25) is 5.02 Å². The molecule has 3 rings (SSSR count). The van der Waals surface area contributed by atoms with Gasteiger partial charge in [0.15, 0.2) is 9.84 Å². The minimum absolute atomic E-state index is 0.208. The molecule has 0 fully saturated rings. The number of amides is 1. The molecule has 0 saturated carbocycles. The average molecular weight is 428 g/mol. The number of nitrogens with zero attached hydrogens (tertiary/aromatic N) is 1. The van der Waals surface area contributed by atoms with E-state index in [-0.39, 0.29) is 26.2 Å². The van der Waals surface area contributed by atoms with Gasteiger partial charge in [0.1, 0.15) is 17.0 Å². The van der Waals surface area contributed by atoms with Gasteiger partial charge in [0.2, 0.25) is 5.91 Å². The van der Waals surface area contributed by atoms with Crippen LogP contribution in [0.15, 0.2) is 50.6 Å². The van der Waals surface area contributed by atoms with Crippen molar-refractivity contribution >= 4 is 55.1 Å². The Morgan fingerprint density at radius 1 is 1.22 bits per heavy atom. The van der Waals surface area contributed by atoms with Gasteiger partial charge in [-0.25, -0.2) is 8.42 Å². The standard InChI is InChI=1S/C16H14ClN3O5S2/c1-10-2-4-13(12(17)6-10)20-16(21)8-26(22,23)11-3-5-14-15(7-11)27(24,25)19-9-18-14/h2-7,9H,8H2,1H3,(H,18,19)(H,20,21). The van der Waals surface area contributed by atoms with Crippen LogP contribution >= 0.6 is 11.6 Å². The predicted octanol–water partition coefficient (Wildman–Crippen LogP) is 2.20. The number of carbonyl (C=O) groups excluding carboxylic acids is 1. The highest BCUT2D eigenvalue weighted by molar-refractivity contribution is 7.92. The highest BCUT2D eigenvalue weighted by Crippen LogP contribution is 2.29. The number of carbonyl (C=O) groups is 1. The minimum Gasteiger partial charge on any atom is -0.345 e. The van der Waals surface area contributed by atoms with E-state index >= 15 is 0 Å². The number of sulfonamides is 1. The Bertz CT molecular complexity index is 1170. The summed E-state index contributed by atoms with van der Waals surface area (Å²) in [7, 11) is -8.07. The van der Waals surface area contributed by atoms with Crippen molar-refractivity contribution < 1.29 is 21.6 Å². The quantitative estimate of drug-likeness (QED) is 0.771. The lowest BCUT2D eigenvalue weighted by Crippen LogP contribution is -2.23. The summed E-state index contributed by atoms with van der Waals surface area (Å²) in [5.41, 5.74) is 1.38. The third kappa shape index (κ3) is 4.12. The van der Waals surface area contributed by atoms with Crippen molar-refractivity contribution in [2.75, 3.05) is 16.4 Å². The Labute approximate surface area is 161 Å².